The topological polar surface area (TPSA) is 80.9 Å². The minimum absolute atomic E-state index is 0.226. The summed E-state index contributed by atoms with van der Waals surface area (Å²) in [5.41, 5.74) is 7.22. The van der Waals surface area contributed by atoms with E-state index in [0.717, 1.165) is 5.69 Å². The molecular weight excluding hydrogens is 252 g/mol. The second-order valence-corrected chi connectivity index (χ2v) is 4.03. The molecule has 0 aliphatic heterocycles. The number of nitrogens with two attached hydrogens (primary N) is 1. The van der Waals surface area contributed by atoms with Crippen molar-refractivity contribution in [3.63, 3.8) is 0 Å². The van der Waals surface area contributed by atoms with Gasteiger partial charge in [0.25, 0.3) is 5.91 Å². The van der Waals surface area contributed by atoms with Gasteiger partial charge in [-0.25, -0.2) is 9.97 Å². The zero-order valence-corrected chi connectivity index (χ0v) is 10.2. The molecule has 1 aromatic heterocycles. The molecule has 0 saturated heterocycles. The van der Waals surface area contributed by atoms with Crippen LogP contribution in [0.4, 0.5) is 5.69 Å². The standard InChI is InChI=1S/C12H11ClN4O/c13-10-5-8(1-2-11(10)14)12(18)16-6-9-3-4-15-7-17-9/h1-5,7H,6,14H2,(H,16,18). The first-order valence-electron chi connectivity index (χ1n) is 5.25. The molecule has 0 radical (unpaired) electrons. The van der Waals surface area contributed by atoms with E-state index in [-0.39, 0.29) is 5.91 Å². The van der Waals surface area contributed by atoms with Gasteiger partial charge in [0.1, 0.15) is 6.33 Å². The molecule has 2 rings (SSSR count). The summed E-state index contributed by atoms with van der Waals surface area (Å²) in [5.74, 6) is -0.226. The summed E-state index contributed by atoms with van der Waals surface area (Å²) >= 11 is 5.85. The average Bonchev–Trinajstić information content (AvgIpc) is 2.40. The van der Waals surface area contributed by atoms with E-state index in [4.69, 9.17) is 17.3 Å². The van der Waals surface area contributed by atoms with Crippen LogP contribution < -0.4 is 11.1 Å². The van der Waals surface area contributed by atoms with Crippen LogP contribution in [0.15, 0.2) is 36.8 Å². The van der Waals surface area contributed by atoms with E-state index >= 15 is 0 Å². The van der Waals surface area contributed by atoms with Gasteiger partial charge < -0.3 is 11.1 Å². The molecule has 0 unspecified atom stereocenters. The Balaban J connectivity index is 2.02. The van der Waals surface area contributed by atoms with Crippen LogP contribution in [0.2, 0.25) is 5.02 Å². The minimum Gasteiger partial charge on any atom is -0.398 e. The molecule has 2 aromatic rings. The van der Waals surface area contributed by atoms with Crippen molar-refractivity contribution in [3.05, 3.63) is 53.1 Å². The van der Waals surface area contributed by atoms with E-state index in [0.29, 0.717) is 22.8 Å². The number of nitrogens with zero attached hydrogens (tertiary/aromatic N) is 2. The average molecular weight is 263 g/mol. The highest BCUT2D eigenvalue weighted by Gasteiger charge is 2.07. The first-order chi connectivity index (χ1) is 8.66. The molecule has 0 aliphatic rings. The van der Waals surface area contributed by atoms with Gasteiger partial charge in [0.2, 0.25) is 0 Å². The van der Waals surface area contributed by atoms with Crippen molar-refractivity contribution in [2.24, 2.45) is 0 Å². The smallest absolute Gasteiger partial charge is 0.251 e. The van der Waals surface area contributed by atoms with Crippen LogP contribution in [0.3, 0.4) is 0 Å². The highest BCUT2D eigenvalue weighted by molar-refractivity contribution is 6.33. The number of benzene rings is 1. The second kappa shape index (κ2) is 5.46. The lowest BCUT2D eigenvalue weighted by Crippen LogP contribution is -2.23. The zero-order chi connectivity index (χ0) is 13.0. The maximum atomic E-state index is 11.8. The fraction of sp³-hybridized carbons (Fsp3) is 0.0833. The Hall–Kier alpha value is -2.14. The van der Waals surface area contributed by atoms with Crippen molar-refractivity contribution in [2.75, 3.05) is 5.73 Å². The number of carbonyl (C=O) groups excluding carboxylic acids is 1. The van der Waals surface area contributed by atoms with Gasteiger partial charge >= 0.3 is 0 Å². The largest absolute Gasteiger partial charge is 0.398 e. The van der Waals surface area contributed by atoms with Gasteiger partial charge in [0.15, 0.2) is 0 Å². The number of nitrogens with one attached hydrogen (secondary N) is 1. The maximum absolute atomic E-state index is 11.8. The summed E-state index contributed by atoms with van der Waals surface area (Å²) < 4.78 is 0. The SMILES string of the molecule is Nc1ccc(C(=O)NCc2ccncn2)cc1Cl. The summed E-state index contributed by atoms with van der Waals surface area (Å²) in [6, 6.07) is 6.49. The van der Waals surface area contributed by atoms with Gasteiger partial charge in [-0.3, -0.25) is 4.79 Å². The summed E-state index contributed by atoms with van der Waals surface area (Å²) in [5, 5.41) is 3.10. The summed E-state index contributed by atoms with van der Waals surface area (Å²) in [7, 11) is 0. The Labute approximate surface area is 109 Å². The number of amides is 1. The van der Waals surface area contributed by atoms with Crippen LogP contribution in [0, 0.1) is 0 Å². The number of aromatic nitrogens is 2. The Kier molecular flexibility index (Phi) is 3.74. The number of anilines is 1. The molecule has 18 heavy (non-hydrogen) atoms. The third kappa shape index (κ3) is 2.95. The van der Waals surface area contributed by atoms with E-state index in [2.05, 4.69) is 15.3 Å². The lowest BCUT2D eigenvalue weighted by atomic mass is 10.2. The first kappa shape index (κ1) is 12.3. The molecule has 5 nitrogen and oxygen atoms in total. The quantitative estimate of drug-likeness (QED) is 0.824. The van der Waals surface area contributed by atoms with Crippen LogP contribution in [0.25, 0.3) is 0 Å². The molecule has 1 heterocycles. The predicted molar refractivity (Wildman–Crippen MR) is 69.1 cm³/mol. The summed E-state index contributed by atoms with van der Waals surface area (Å²) in [6.07, 6.45) is 3.05. The molecule has 1 aromatic carbocycles. The molecule has 3 N–H and O–H groups in total. The summed E-state index contributed by atoms with van der Waals surface area (Å²) in [4.78, 5) is 19.6. The van der Waals surface area contributed by atoms with E-state index in [9.17, 15) is 4.79 Å². The van der Waals surface area contributed by atoms with E-state index in [1.807, 2.05) is 0 Å². The fourth-order valence-corrected chi connectivity index (χ4v) is 1.54. The number of nitrogen functional groups attached to an aromatic ring is 1. The Morgan fingerprint density at radius 2 is 2.22 bits per heavy atom. The van der Waals surface area contributed by atoms with Crippen LogP contribution in [0.5, 0.6) is 0 Å². The molecule has 0 spiro atoms. The normalized spacial score (nSPS) is 10.1. The number of carbonyl (C=O) groups is 1. The van der Waals surface area contributed by atoms with E-state index in [1.54, 1.807) is 24.4 Å². The minimum atomic E-state index is -0.226. The molecular formula is C12H11ClN4O. The molecule has 6 heteroatoms. The second-order valence-electron chi connectivity index (χ2n) is 3.62. The Bertz CT molecular complexity index is 559. The highest BCUT2D eigenvalue weighted by Crippen LogP contribution is 2.19. The van der Waals surface area contributed by atoms with Crippen molar-refractivity contribution < 1.29 is 4.79 Å². The van der Waals surface area contributed by atoms with Crippen LogP contribution in [0.1, 0.15) is 16.1 Å². The molecule has 1 amide bonds. The van der Waals surface area contributed by atoms with E-state index in [1.165, 1.54) is 12.4 Å². The van der Waals surface area contributed by atoms with E-state index < -0.39 is 0 Å². The van der Waals surface area contributed by atoms with Crippen LogP contribution in [-0.4, -0.2) is 15.9 Å². The molecule has 0 bridgehead atoms. The Morgan fingerprint density at radius 3 is 2.89 bits per heavy atom. The Morgan fingerprint density at radius 1 is 1.39 bits per heavy atom. The number of hydrogen-bond donors (Lipinski definition) is 2. The first-order valence-corrected chi connectivity index (χ1v) is 5.63. The van der Waals surface area contributed by atoms with Gasteiger partial charge in [0, 0.05) is 11.8 Å². The lowest BCUT2D eigenvalue weighted by Gasteiger charge is -2.05. The molecule has 0 saturated carbocycles. The van der Waals surface area contributed by atoms with Crippen LogP contribution >= 0.6 is 11.6 Å². The molecule has 0 atom stereocenters. The molecule has 0 fully saturated rings. The van der Waals surface area contributed by atoms with Crippen molar-refractivity contribution in [2.45, 2.75) is 6.54 Å². The van der Waals surface area contributed by atoms with Gasteiger partial charge in [-0.05, 0) is 24.3 Å². The van der Waals surface area contributed by atoms with Gasteiger partial charge in [-0.1, -0.05) is 11.6 Å². The third-order valence-corrected chi connectivity index (χ3v) is 2.66. The summed E-state index contributed by atoms with van der Waals surface area (Å²) in [6.45, 7) is 0.337. The molecule has 0 aliphatic carbocycles. The van der Waals surface area contributed by atoms with Crippen molar-refractivity contribution in [1.29, 1.82) is 0 Å². The monoisotopic (exact) mass is 262 g/mol. The number of hydrogen-bond acceptors (Lipinski definition) is 4. The van der Waals surface area contributed by atoms with Gasteiger partial charge in [-0.15, -0.1) is 0 Å². The number of rotatable bonds is 3. The maximum Gasteiger partial charge on any atom is 0.251 e. The van der Waals surface area contributed by atoms with Crippen molar-refractivity contribution in [3.8, 4) is 0 Å². The van der Waals surface area contributed by atoms with Gasteiger partial charge in [0.05, 0.1) is 22.9 Å². The predicted octanol–water partition coefficient (Wildman–Crippen LogP) is 1.64. The fourth-order valence-electron chi connectivity index (χ4n) is 1.36. The van der Waals surface area contributed by atoms with Crippen molar-refractivity contribution in [1.82, 2.24) is 15.3 Å². The highest BCUT2D eigenvalue weighted by atomic mass is 35.5. The number of halogens is 1. The van der Waals surface area contributed by atoms with Crippen LogP contribution in [-0.2, 0) is 6.54 Å². The third-order valence-electron chi connectivity index (χ3n) is 2.34. The van der Waals surface area contributed by atoms with Gasteiger partial charge in [-0.2, -0.15) is 0 Å². The van der Waals surface area contributed by atoms with Crippen molar-refractivity contribution >= 4 is 23.2 Å². The zero-order valence-electron chi connectivity index (χ0n) is 9.43. The lowest BCUT2D eigenvalue weighted by molar-refractivity contribution is 0.0950. The molecule has 92 valence electrons.